The fraction of sp³-hybridized carbons (Fsp3) is 0.442. The van der Waals surface area contributed by atoms with E-state index in [2.05, 4.69) is 152 Å². The van der Waals surface area contributed by atoms with E-state index in [9.17, 15) is 0 Å². The number of allylic oxidation sites excluding steroid dienone is 4. The van der Waals surface area contributed by atoms with E-state index in [1.165, 1.54) is 84.9 Å². The van der Waals surface area contributed by atoms with Crippen LogP contribution in [-0.4, -0.2) is 4.21 Å². The van der Waals surface area contributed by atoms with Crippen molar-refractivity contribution in [2.75, 3.05) is 0 Å². The average molecular weight is 851 g/mol. The molecule has 0 aliphatic heterocycles. The molecule has 1 unspecified atom stereocenters. The first-order chi connectivity index (χ1) is 25.1. The fourth-order valence-corrected chi connectivity index (χ4v) is 30.8. The molecule has 290 valence electrons. The minimum absolute atomic E-state index is 0. The summed E-state index contributed by atoms with van der Waals surface area (Å²) in [5, 5.41) is 0. The van der Waals surface area contributed by atoms with Gasteiger partial charge in [0.05, 0.1) is 0 Å². The zero-order chi connectivity index (χ0) is 37.2. The second-order valence-corrected chi connectivity index (χ2v) is 33.5. The van der Waals surface area contributed by atoms with Crippen molar-refractivity contribution in [1.29, 1.82) is 0 Å². The molecule has 0 amide bonds. The number of rotatable bonds is 6. The van der Waals surface area contributed by atoms with Crippen molar-refractivity contribution in [2.24, 2.45) is 29.1 Å². The summed E-state index contributed by atoms with van der Waals surface area (Å²) in [5.74, 6) is 3.25. The van der Waals surface area contributed by atoms with Crippen LogP contribution in [0.3, 0.4) is 0 Å². The molecule has 0 spiro atoms. The van der Waals surface area contributed by atoms with Gasteiger partial charge in [-0.1, -0.05) is 0 Å². The predicted molar refractivity (Wildman–Crippen MR) is 241 cm³/mol. The Morgan fingerprint density at radius 2 is 1.15 bits per heavy atom. The molecule has 0 radical (unpaired) electrons. The van der Waals surface area contributed by atoms with Gasteiger partial charge in [-0.3, -0.25) is 0 Å². The van der Waals surface area contributed by atoms with E-state index in [1.54, 1.807) is 17.7 Å². The average Bonchev–Trinajstić information content (AvgIpc) is 3.62. The summed E-state index contributed by atoms with van der Waals surface area (Å²) < 4.78 is 12.2. The summed E-state index contributed by atoms with van der Waals surface area (Å²) in [4.78, 5) is 0. The van der Waals surface area contributed by atoms with Gasteiger partial charge in [0.15, 0.2) is 0 Å². The monoisotopic (exact) mass is 848 g/mol. The van der Waals surface area contributed by atoms with Crippen molar-refractivity contribution < 1.29 is 18.3 Å². The van der Waals surface area contributed by atoms with Crippen molar-refractivity contribution in [1.82, 2.24) is 0 Å². The predicted octanol–water partition coefficient (Wildman–Crippen LogP) is 12.6. The van der Waals surface area contributed by atoms with Crippen LogP contribution in [0.2, 0.25) is 0 Å². The van der Waals surface area contributed by atoms with Crippen LogP contribution < -0.4 is 9.81 Å². The maximum atomic E-state index is 6.00. The molecule has 4 aromatic rings. The van der Waals surface area contributed by atoms with Gasteiger partial charge in [-0.25, -0.2) is 0 Å². The molecule has 6 aliphatic rings. The van der Waals surface area contributed by atoms with Gasteiger partial charge in [-0.2, -0.15) is 0 Å². The molecule has 3 heteroatoms. The van der Waals surface area contributed by atoms with E-state index in [-0.39, 0.29) is 35.6 Å². The zero-order valence-electron chi connectivity index (χ0n) is 34.7. The van der Waals surface area contributed by atoms with Crippen LogP contribution in [-0.2, 0) is 35.5 Å². The van der Waals surface area contributed by atoms with Gasteiger partial charge < -0.3 is 0 Å². The number of hydrogen-bond donors (Lipinski definition) is 0. The normalized spacial score (nSPS) is 25.6. The van der Waals surface area contributed by atoms with Gasteiger partial charge in [0, 0.05) is 0 Å². The molecule has 0 nitrogen and oxygen atoms in total. The van der Waals surface area contributed by atoms with Gasteiger partial charge in [0.25, 0.3) is 0 Å². The van der Waals surface area contributed by atoms with Crippen molar-refractivity contribution in [2.45, 2.75) is 118 Å². The third-order valence-electron chi connectivity index (χ3n) is 15.3. The summed E-state index contributed by atoms with van der Waals surface area (Å²) in [6.45, 7) is 19.1. The molecular formula is C52H64Cl2Zr. The molecule has 1 atom stereocenters. The first kappa shape index (κ1) is 40.9. The molecule has 0 saturated heterocycles. The van der Waals surface area contributed by atoms with E-state index in [4.69, 9.17) is 4.21 Å². The van der Waals surface area contributed by atoms with Crippen molar-refractivity contribution in [3.63, 3.8) is 0 Å². The Balaban J connectivity index is 0.00000233. The topological polar surface area (TPSA) is 0 Å². The van der Waals surface area contributed by atoms with Gasteiger partial charge in [-0.05, 0) is 0 Å². The van der Waals surface area contributed by atoms with Gasteiger partial charge in [0.2, 0.25) is 0 Å². The molecule has 4 aromatic carbocycles. The van der Waals surface area contributed by atoms with E-state index in [0.29, 0.717) is 11.3 Å². The fourth-order valence-electron chi connectivity index (χ4n) is 13.3. The molecule has 55 heavy (non-hydrogen) atoms. The van der Waals surface area contributed by atoms with E-state index < -0.39 is 18.3 Å². The maximum absolute atomic E-state index is 6.00. The molecule has 4 bridgehead atoms. The number of benzene rings is 4. The van der Waals surface area contributed by atoms with Crippen LogP contribution >= 0.6 is 24.8 Å². The van der Waals surface area contributed by atoms with Crippen molar-refractivity contribution >= 4 is 38.8 Å². The number of fused-ring (bicyclic) bond motifs is 3. The van der Waals surface area contributed by atoms with Gasteiger partial charge in [-0.15, -0.1) is 24.8 Å². The summed E-state index contributed by atoms with van der Waals surface area (Å²) in [5.41, 5.74) is 12.5. The molecule has 0 N–H and O–H groups in total. The SMILES string of the molecule is Cl.Cl.[CH2]=[Zr]([C]1=C(C)C(CC23CC4CC(CC(C4)C2)C3)=CC1C)([c]1ccc(C(C)(C)C)cc1)([c]1ccc(C(C)(C)C)cc1)[c]1cccc2c1Cc1ccccc1-2. The van der Waals surface area contributed by atoms with Crippen LogP contribution in [0.4, 0.5) is 0 Å². The third-order valence-corrected chi connectivity index (χ3v) is 32.3. The quantitative estimate of drug-likeness (QED) is 0.160. The van der Waals surface area contributed by atoms with Crippen LogP contribution in [0.25, 0.3) is 11.1 Å². The summed E-state index contributed by atoms with van der Waals surface area (Å²) in [6.07, 6.45) is 13.9. The first-order valence-corrected chi connectivity index (χ1v) is 27.6. The molecule has 0 aromatic heterocycles. The van der Waals surface area contributed by atoms with E-state index >= 15 is 0 Å². The van der Waals surface area contributed by atoms with Crippen LogP contribution in [0.1, 0.15) is 123 Å². The second-order valence-electron chi connectivity index (χ2n) is 20.9. The molecule has 0 heterocycles. The number of halogens is 2. The standard InChI is InChI=1S/C18H25.C13H9.2C10H13.CH2.2ClH.Zr/c1-12-3-13(2)17(4-12)11-18-8-14-5-15(9-18)7-16(6-14)10-18;1-3-7-12-10(5-1)9-11-6-2-4-8-13(11)12;2*1-10(2,3)9-7-5-4-6-8-9;;;;/h4,12,14-16H,5-11H2,1-2H3;1-5,7-8H,9H2;2*5-8H,1-3H3;1H2;2*1H;. The summed E-state index contributed by atoms with van der Waals surface area (Å²) >= 11 is -5.03. The number of hydrogen-bond acceptors (Lipinski definition) is 0. The molecule has 6 aliphatic carbocycles. The molecule has 4 saturated carbocycles. The summed E-state index contributed by atoms with van der Waals surface area (Å²) in [7, 11) is 0. The first-order valence-electron chi connectivity index (χ1n) is 21.0. The Kier molecular flexibility index (Phi) is 10.3. The molecular weight excluding hydrogens is 787 g/mol. The van der Waals surface area contributed by atoms with Crippen LogP contribution in [0, 0.1) is 29.1 Å². The van der Waals surface area contributed by atoms with Crippen molar-refractivity contribution in [3.05, 3.63) is 134 Å². The molecule has 10 rings (SSSR count). The minimum atomic E-state index is -5.03. The zero-order valence-corrected chi connectivity index (χ0v) is 38.8. The van der Waals surface area contributed by atoms with Gasteiger partial charge in [0.1, 0.15) is 0 Å². The van der Waals surface area contributed by atoms with Crippen LogP contribution in [0.15, 0.2) is 111 Å². The van der Waals surface area contributed by atoms with Gasteiger partial charge >= 0.3 is 324 Å². The van der Waals surface area contributed by atoms with E-state index in [1.807, 2.05) is 0 Å². The second kappa shape index (κ2) is 13.9. The van der Waals surface area contributed by atoms with Crippen molar-refractivity contribution in [3.8, 4) is 11.1 Å². The molecule has 4 fully saturated rings. The van der Waals surface area contributed by atoms with Crippen LogP contribution in [0.5, 0.6) is 0 Å². The Bertz CT molecular complexity index is 2150. The summed E-state index contributed by atoms with van der Waals surface area (Å²) in [6, 6.07) is 36.5. The Hall–Kier alpha value is -2.31. The Labute approximate surface area is 346 Å². The van der Waals surface area contributed by atoms with E-state index in [0.717, 1.165) is 24.2 Å². The Morgan fingerprint density at radius 1 is 0.655 bits per heavy atom. The third kappa shape index (κ3) is 6.27. The Morgan fingerprint density at radius 3 is 1.65 bits per heavy atom.